The Labute approximate surface area is 152 Å². The first-order valence-corrected chi connectivity index (χ1v) is 8.10. The molecule has 0 amide bonds. The Morgan fingerprint density at radius 2 is 1.89 bits per heavy atom. The Morgan fingerprint density at radius 1 is 1.15 bits per heavy atom. The molecule has 0 aliphatic heterocycles. The van der Waals surface area contributed by atoms with Gasteiger partial charge in [-0.25, -0.2) is 13.6 Å². The zero-order valence-corrected chi connectivity index (χ0v) is 14.6. The third kappa shape index (κ3) is 3.67. The van der Waals surface area contributed by atoms with Gasteiger partial charge in [0.05, 0.1) is 0 Å². The van der Waals surface area contributed by atoms with Gasteiger partial charge in [0.2, 0.25) is 0 Å². The molecule has 0 saturated carbocycles. The summed E-state index contributed by atoms with van der Waals surface area (Å²) in [6, 6.07) is 6.45. The van der Waals surface area contributed by atoms with Crippen LogP contribution in [0.1, 0.15) is 22.3 Å². The van der Waals surface area contributed by atoms with Crippen LogP contribution in [0.15, 0.2) is 39.5 Å². The van der Waals surface area contributed by atoms with E-state index >= 15 is 0 Å². The molecule has 0 bridgehead atoms. The lowest BCUT2D eigenvalue weighted by Crippen LogP contribution is -2.27. The van der Waals surface area contributed by atoms with E-state index in [1.165, 1.54) is 6.07 Å². The van der Waals surface area contributed by atoms with E-state index in [0.717, 1.165) is 12.1 Å². The van der Waals surface area contributed by atoms with Gasteiger partial charge in [0.25, 0.3) is 0 Å². The molecule has 1 aromatic heterocycles. The van der Waals surface area contributed by atoms with Crippen LogP contribution in [0, 0.1) is 25.5 Å². The van der Waals surface area contributed by atoms with Crippen LogP contribution in [0.3, 0.4) is 0 Å². The summed E-state index contributed by atoms with van der Waals surface area (Å²) in [5.74, 6) is -2.41. The average molecular weight is 373 g/mol. The van der Waals surface area contributed by atoms with Crippen LogP contribution in [-0.2, 0) is 17.8 Å². The average Bonchev–Trinajstić information content (AvgIpc) is 2.60. The minimum atomic E-state index is -1.37. The first-order chi connectivity index (χ1) is 12.8. The Morgan fingerprint density at radius 3 is 2.56 bits per heavy atom. The third-order valence-corrected chi connectivity index (χ3v) is 4.37. The molecule has 0 aliphatic carbocycles. The van der Waals surface area contributed by atoms with E-state index in [1.54, 1.807) is 26.0 Å². The van der Waals surface area contributed by atoms with Gasteiger partial charge in [-0.05, 0) is 43.7 Å². The van der Waals surface area contributed by atoms with Crippen molar-refractivity contribution in [1.29, 1.82) is 0 Å². The second kappa shape index (κ2) is 7.19. The van der Waals surface area contributed by atoms with E-state index in [1.807, 2.05) is 0 Å². The van der Waals surface area contributed by atoms with Crippen LogP contribution < -0.4 is 15.5 Å². The standard InChI is InChI=1S/C20H16F2O5/c1-10-14-5-6-17(26-9-12-3-4-13(21)7-16(12)22)11(2)19(14)27-20(25)15(10)8-18(23)24/h3-7H,8-9H2,1-2H3,(H,23,24)/p-1. The third-order valence-electron chi connectivity index (χ3n) is 4.37. The van der Waals surface area contributed by atoms with Gasteiger partial charge in [-0.2, -0.15) is 0 Å². The zero-order valence-electron chi connectivity index (χ0n) is 14.6. The molecule has 0 N–H and O–H groups in total. The highest BCUT2D eigenvalue weighted by Gasteiger charge is 2.16. The van der Waals surface area contributed by atoms with E-state index in [4.69, 9.17) is 9.15 Å². The number of halogens is 2. The number of hydrogen-bond acceptors (Lipinski definition) is 5. The quantitative estimate of drug-likeness (QED) is 0.642. The Hall–Kier alpha value is -3.22. The number of hydrogen-bond donors (Lipinski definition) is 0. The number of rotatable bonds is 5. The molecule has 0 saturated heterocycles. The Balaban J connectivity index is 1.97. The molecule has 0 fully saturated rings. The second-order valence-electron chi connectivity index (χ2n) is 6.13. The van der Waals surface area contributed by atoms with E-state index in [0.29, 0.717) is 22.3 Å². The van der Waals surface area contributed by atoms with Gasteiger partial charge < -0.3 is 19.1 Å². The normalized spacial score (nSPS) is 11.0. The Bertz CT molecular complexity index is 1100. The first kappa shape index (κ1) is 18.6. The summed E-state index contributed by atoms with van der Waals surface area (Å²) in [5, 5.41) is 11.4. The van der Waals surface area contributed by atoms with Crippen molar-refractivity contribution in [2.75, 3.05) is 0 Å². The topological polar surface area (TPSA) is 79.6 Å². The molecule has 0 atom stereocenters. The zero-order chi connectivity index (χ0) is 19.7. The molecular weight excluding hydrogens is 358 g/mol. The molecule has 27 heavy (non-hydrogen) atoms. The smallest absolute Gasteiger partial charge is 0.340 e. The number of carboxylic acid groups (broad SMARTS) is 1. The van der Waals surface area contributed by atoms with Gasteiger partial charge in [0, 0.05) is 40.5 Å². The lowest BCUT2D eigenvalue weighted by atomic mass is 10.0. The van der Waals surface area contributed by atoms with Crippen molar-refractivity contribution in [3.8, 4) is 5.75 Å². The van der Waals surface area contributed by atoms with E-state index < -0.39 is 29.7 Å². The summed E-state index contributed by atoms with van der Waals surface area (Å²) in [4.78, 5) is 23.0. The maximum Gasteiger partial charge on any atom is 0.340 e. The van der Waals surface area contributed by atoms with Crippen LogP contribution in [0.2, 0.25) is 0 Å². The number of carbonyl (C=O) groups excluding carboxylic acids is 1. The summed E-state index contributed by atoms with van der Waals surface area (Å²) in [6.07, 6.45) is -0.536. The van der Waals surface area contributed by atoms with Crippen molar-refractivity contribution < 1.29 is 27.8 Å². The number of benzene rings is 2. The molecule has 140 valence electrons. The number of aryl methyl sites for hydroxylation is 2. The van der Waals surface area contributed by atoms with Crippen LogP contribution in [-0.4, -0.2) is 5.97 Å². The molecule has 0 unspecified atom stereocenters. The van der Waals surface area contributed by atoms with Gasteiger partial charge in [0.15, 0.2) is 0 Å². The minimum Gasteiger partial charge on any atom is -0.550 e. The number of aliphatic carboxylic acids is 1. The highest BCUT2D eigenvalue weighted by atomic mass is 19.1. The molecule has 0 aliphatic rings. The number of carboxylic acids is 1. The predicted molar refractivity (Wildman–Crippen MR) is 91.4 cm³/mol. The van der Waals surface area contributed by atoms with Crippen LogP contribution in [0.25, 0.3) is 11.0 Å². The first-order valence-electron chi connectivity index (χ1n) is 8.10. The lowest BCUT2D eigenvalue weighted by molar-refractivity contribution is -0.304. The number of carbonyl (C=O) groups is 1. The van der Waals surface area contributed by atoms with Crippen molar-refractivity contribution in [2.24, 2.45) is 0 Å². The minimum absolute atomic E-state index is 0.0314. The number of fused-ring (bicyclic) bond motifs is 1. The van der Waals surface area contributed by atoms with Gasteiger partial charge in [-0.1, -0.05) is 0 Å². The molecule has 1 heterocycles. The van der Waals surface area contributed by atoms with Crippen LogP contribution >= 0.6 is 0 Å². The van der Waals surface area contributed by atoms with Crippen LogP contribution in [0.4, 0.5) is 8.78 Å². The highest BCUT2D eigenvalue weighted by Crippen LogP contribution is 2.30. The van der Waals surface area contributed by atoms with Gasteiger partial charge in [-0.3, -0.25) is 0 Å². The van der Waals surface area contributed by atoms with Crippen LogP contribution in [0.5, 0.6) is 5.75 Å². The molecular formula is C20H15F2O5-. The molecule has 0 radical (unpaired) electrons. The van der Waals surface area contributed by atoms with E-state index in [-0.39, 0.29) is 23.3 Å². The lowest BCUT2D eigenvalue weighted by Gasteiger charge is -2.14. The fourth-order valence-corrected chi connectivity index (χ4v) is 2.87. The SMILES string of the molecule is Cc1c(CC(=O)[O-])c(=O)oc2c(C)c(OCc3ccc(F)cc3F)ccc12. The molecule has 3 rings (SSSR count). The van der Waals surface area contributed by atoms with E-state index in [2.05, 4.69) is 0 Å². The molecule has 3 aromatic rings. The van der Waals surface area contributed by atoms with Crippen molar-refractivity contribution in [3.05, 3.63) is 74.6 Å². The van der Waals surface area contributed by atoms with Crippen molar-refractivity contribution >= 4 is 16.9 Å². The summed E-state index contributed by atoms with van der Waals surface area (Å²) in [7, 11) is 0. The maximum absolute atomic E-state index is 13.7. The number of ether oxygens (including phenoxy) is 1. The molecule has 5 nitrogen and oxygen atoms in total. The van der Waals surface area contributed by atoms with Crippen molar-refractivity contribution in [2.45, 2.75) is 26.9 Å². The van der Waals surface area contributed by atoms with Gasteiger partial charge in [0.1, 0.15) is 29.6 Å². The molecule has 7 heteroatoms. The fourth-order valence-electron chi connectivity index (χ4n) is 2.87. The summed E-state index contributed by atoms with van der Waals surface area (Å²) >= 11 is 0. The van der Waals surface area contributed by atoms with Crippen molar-refractivity contribution in [1.82, 2.24) is 0 Å². The molecule has 0 spiro atoms. The maximum atomic E-state index is 13.7. The Kier molecular flexibility index (Phi) is 4.94. The van der Waals surface area contributed by atoms with Crippen molar-refractivity contribution in [3.63, 3.8) is 0 Å². The molecule has 2 aromatic carbocycles. The predicted octanol–water partition coefficient (Wildman–Crippen LogP) is 2.56. The summed E-state index contributed by atoms with van der Waals surface area (Å²) in [6.45, 7) is 3.16. The summed E-state index contributed by atoms with van der Waals surface area (Å²) in [5.41, 5.74) is 0.715. The summed E-state index contributed by atoms with van der Waals surface area (Å²) < 4.78 is 37.6. The van der Waals surface area contributed by atoms with Gasteiger partial charge in [-0.15, -0.1) is 0 Å². The largest absolute Gasteiger partial charge is 0.550 e. The second-order valence-corrected chi connectivity index (χ2v) is 6.13. The van der Waals surface area contributed by atoms with Gasteiger partial charge >= 0.3 is 5.63 Å². The highest BCUT2D eigenvalue weighted by molar-refractivity contribution is 5.86. The van der Waals surface area contributed by atoms with E-state index in [9.17, 15) is 23.5 Å². The fraction of sp³-hybridized carbons (Fsp3) is 0.200. The monoisotopic (exact) mass is 373 g/mol.